The molecule has 0 radical (unpaired) electrons. The Morgan fingerprint density at radius 3 is 2.21 bits per heavy atom. The fourth-order valence-electron chi connectivity index (χ4n) is 3.35. The molecule has 6 nitrogen and oxygen atoms in total. The van der Waals surface area contributed by atoms with Crippen molar-refractivity contribution in [1.82, 2.24) is 9.78 Å². The van der Waals surface area contributed by atoms with Gasteiger partial charge in [0.1, 0.15) is 6.54 Å². The molecule has 1 aromatic heterocycles. The van der Waals surface area contributed by atoms with Crippen molar-refractivity contribution in [2.45, 2.75) is 12.7 Å². The van der Waals surface area contributed by atoms with Crippen LogP contribution < -0.4 is 10.6 Å². The number of hydrogen-bond donors (Lipinski definition) is 2. The Bertz CT molecular complexity index is 1290. The maximum Gasteiger partial charge on any atom is 0.418 e. The zero-order valence-electron chi connectivity index (χ0n) is 17.7. The molecule has 0 aliphatic rings. The Morgan fingerprint density at radius 2 is 1.56 bits per heavy atom. The van der Waals surface area contributed by atoms with Crippen LogP contribution in [0.2, 0.25) is 0 Å². The topological polar surface area (TPSA) is 76.0 Å². The van der Waals surface area contributed by atoms with Crippen LogP contribution >= 0.6 is 0 Å². The number of halogens is 3. The first-order valence-corrected chi connectivity index (χ1v) is 10.2. The minimum absolute atomic E-state index is 0.0328. The summed E-state index contributed by atoms with van der Waals surface area (Å²) in [6.45, 7) is -0.269. The highest BCUT2D eigenvalue weighted by Gasteiger charge is 2.34. The maximum absolute atomic E-state index is 13.5. The van der Waals surface area contributed by atoms with E-state index in [1.807, 2.05) is 42.5 Å². The lowest BCUT2D eigenvalue weighted by molar-refractivity contribution is -0.137. The molecule has 0 saturated heterocycles. The van der Waals surface area contributed by atoms with Crippen LogP contribution in [0.25, 0.3) is 11.1 Å². The van der Waals surface area contributed by atoms with Gasteiger partial charge in [-0.2, -0.15) is 18.3 Å². The lowest BCUT2D eigenvalue weighted by atomic mass is 10.1. The third kappa shape index (κ3) is 5.50. The molecule has 0 fully saturated rings. The molecule has 2 N–H and O–H groups in total. The summed E-state index contributed by atoms with van der Waals surface area (Å²) in [5.41, 5.74) is 0.860. The summed E-state index contributed by atoms with van der Waals surface area (Å²) >= 11 is 0. The number of nitrogens with zero attached hydrogens (tertiary/aromatic N) is 2. The van der Waals surface area contributed by atoms with Gasteiger partial charge in [0, 0.05) is 23.6 Å². The number of anilines is 2. The molecule has 0 aliphatic carbocycles. The van der Waals surface area contributed by atoms with Gasteiger partial charge in [0.2, 0.25) is 5.91 Å². The summed E-state index contributed by atoms with van der Waals surface area (Å²) in [6.07, 6.45) is -1.75. The molecule has 9 heteroatoms. The minimum Gasteiger partial charge on any atom is -0.324 e. The van der Waals surface area contributed by atoms with E-state index in [-0.39, 0.29) is 12.1 Å². The third-order valence-corrected chi connectivity index (χ3v) is 4.98. The van der Waals surface area contributed by atoms with E-state index in [1.54, 1.807) is 18.2 Å². The standard InChI is InChI=1S/C25H19F3N4O2/c26-25(27,28)21-12-9-19(15-22(21)31-23(33)16-32-14-4-13-29-32)24(34)30-20-10-7-18(8-11-20)17-5-2-1-3-6-17/h1-15H,16H2,(H,30,34)(H,31,33). The second-order valence-corrected chi connectivity index (χ2v) is 7.41. The minimum atomic E-state index is -4.71. The Labute approximate surface area is 193 Å². The van der Waals surface area contributed by atoms with E-state index in [4.69, 9.17) is 0 Å². The Morgan fingerprint density at radius 1 is 0.853 bits per heavy atom. The molecule has 34 heavy (non-hydrogen) atoms. The van der Waals surface area contributed by atoms with Gasteiger partial charge in [0.05, 0.1) is 11.3 Å². The molecule has 0 spiro atoms. The number of alkyl halides is 3. The number of carbonyl (C=O) groups is 2. The highest BCUT2D eigenvalue weighted by molar-refractivity contribution is 6.05. The van der Waals surface area contributed by atoms with Crippen molar-refractivity contribution in [3.63, 3.8) is 0 Å². The molecule has 0 bridgehead atoms. The average Bonchev–Trinajstić information content (AvgIpc) is 3.32. The molecule has 0 saturated carbocycles. The first-order valence-electron chi connectivity index (χ1n) is 10.2. The molecule has 0 aliphatic heterocycles. The first kappa shape index (κ1) is 22.8. The van der Waals surface area contributed by atoms with E-state index in [2.05, 4.69) is 15.7 Å². The van der Waals surface area contributed by atoms with Crippen molar-refractivity contribution in [3.05, 3.63) is 102 Å². The lowest BCUT2D eigenvalue weighted by Gasteiger charge is -2.15. The highest BCUT2D eigenvalue weighted by atomic mass is 19.4. The molecular formula is C25H19F3N4O2. The summed E-state index contributed by atoms with van der Waals surface area (Å²) in [6, 6.07) is 21.2. The third-order valence-electron chi connectivity index (χ3n) is 4.98. The molecule has 3 aromatic carbocycles. The second-order valence-electron chi connectivity index (χ2n) is 7.41. The zero-order chi connectivity index (χ0) is 24.1. The number of rotatable bonds is 6. The van der Waals surface area contributed by atoms with E-state index in [1.165, 1.54) is 17.1 Å². The second kappa shape index (κ2) is 9.62. The molecule has 0 atom stereocenters. The van der Waals surface area contributed by atoms with Gasteiger partial charge in [-0.15, -0.1) is 0 Å². The van der Waals surface area contributed by atoms with Gasteiger partial charge in [-0.1, -0.05) is 42.5 Å². The number of benzene rings is 3. The number of aromatic nitrogens is 2. The fourth-order valence-corrected chi connectivity index (χ4v) is 3.35. The van der Waals surface area contributed by atoms with Crippen LogP contribution in [-0.4, -0.2) is 21.6 Å². The number of hydrogen-bond acceptors (Lipinski definition) is 3. The van der Waals surface area contributed by atoms with Crippen LogP contribution in [-0.2, 0) is 17.5 Å². The number of carbonyl (C=O) groups excluding carboxylic acids is 2. The van der Waals surface area contributed by atoms with Gasteiger partial charge >= 0.3 is 6.18 Å². The summed E-state index contributed by atoms with van der Waals surface area (Å²) < 4.78 is 41.7. The molecule has 0 unspecified atom stereocenters. The fraction of sp³-hybridized carbons (Fsp3) is 0.0800. The van der Waals surface area contributed by atoms with Crippen LogP contribution in [0, 0.1) is 0 Å². The summed E-state index contributed by atoms with van der Waals surface area (Å²) in [7, 11) is 0. The van der Waals surface area contributed by atoms with Gasteiger partial charge in [0.25, 0.3) is 5.91 Å². The molecule has 4 rings (SSSR count). The summed E-state index contributed by atoms with van der Waals surface area (Å²) in [4.78, 5) is 24.9. The van der Waals surface area contributed by atoms with E-state index < -0.39 is 29.2 Å². The molecular weight excluding hydrogens is 445 g/mol. The Kier molecular flexibility index (Phi) is 6.44. The number of nitrogens with one attached hydrogen (secondary N) is 2. The number of amides is 2. The van der Waals surface area contributed by atoms with Crippen LogP contribution in [0.15, 0.2) is 91.3 Å². The van der Waals surface area contributed by atoms with Crippen molar-refractivity contribution in [1.29, 1.82) is 0 Å². The van der Waals surface area contributed by atoms with Gasteiger partial charge in [0.15, 0.2) is 0 Å². The van der Waals surface area contributed by atoms with Gasteiger partial charge in [-0.25, -0.2) is 0 Å². The summed E-state index contributed by atoms with van der Waals surface area (Å²) in [5.74, 6) is -1.31. The highest BCUT2D eigenvalue weighted by Crippen LogP contribution is 2.35. The van der Waals surface area contributed by atoms with Crippen LogP contribution in [0.5, 0.6) is 0 Å². The zero-order valence-corrected chi connectivity index (χ0v) is 17.7. The van der Waals surface area contributed by atoms with E-state index in [0.29, 0.717) is 5.69 Å². The predicted molar refractivity (Wildman–Crippen MR) is 122 cm³/mol. The molecule has 2 amide bonds. The first-order chi connectivity index (χ1) is 16.3. The largest absolute Gasteiger partial charge is 0.418 e. The van der Waals surface area contributed by atoms with Crippen molar-refractivity contribution in [2.24, 2.45) is 0 Å². The van der Waals surface area contributed by atoms with E-state index in [0.717, 1.165) is 29.3 Å². The SMILES string of the molecule is O=C(Cn1cccn1)Nc1cc(C(=O)Nc2ccc(-c3ccccc3)cc2)ccc1C(F)(F)F. The molecule has 1 heterocycles. The van der Waals surface area contributed by atoms with Crippen molar-refractivity contribution in [3.8, 4) is 11.1 Å². The monoisotopic (exact) mass is 464 g/mol. The normalized spacial score (nSPS) is 11.1. The summed E-state index contributed by atoms with van der Waals surface area (Å²) in [5, 5.41) is 8.76. The Hall–Kier alpha value is -4.40. The molecule has 172 valence electrons. The van der Waals surface area contributed by atoms with E-state index >= 15 is 0 Å². The van der Waals surface area contributed by atoms with Crippen molar-refractivity contribution >= 4 is 23.2 Å². The Balaban J connectivity index is 1.52. The average molecular weight is 464 g/mol. The predicted octanol–water partition coefficient (Wildman–Crippen LogP) is 5.46. The van der Waals surface area contributed by atoms with Crippen LogP contribution in [0.3, 0.4) is 0 Å². The van der Waals surface area contributed by atoms with Crippen LogP contribution in [0.4, 0.5) is 24.5 Å². The quantitative estimate of drug-likeness (QED) is 0.398. The van der Waals surface area contributed by atoms with E-state index in [9.17, 15) is 22.8 Å². The smallest absolute Gasteiger partial charge is 0.324 e. The maximum atomic E-state index is 13.5. The van der Waals surface area contributed by atoms with Gasteiger partial charge < -0.3 is 10.6 Å². The van der Waals surface area contributed by atoms with Crippen molar-refractivity contribution < 1.29 is 22.8 Å². The van der Waals surface area contributed by atoms with Crippen LogP contribution in [0.1, 0.15) is 15.9 Å². The van der Waals surface area contributed by atoms with Crippen molar-refractivity contribution in [2.75, 3.05) is 10.6 Å². The molecule has 4 aromatic rings. The van der Waals surface area contributed by atoms with Gasteiger partial charge in [-0.05, 0) is 47.5 Å². The van der Waals surface area contributed by atoms with Gasteiger partial charge in [-0.3, -0.25) is 14.3 Å². The lowest BCUT2D eigenvalue weighted by Crippen LogP contribution is -2.22.